The lowest BCUT2D eigenvalue weighted by Gasteiger charge is -2.28. The maximum atomic E-state index is 15.1. The number of rotatable bonds is 4. The van der Waals surface area contributed by atoms with Crippen molar-refractivity contribution in [3.63, 3.8) is 0 Å². The lowest BCUT2D eigenvalue weighted by molar-refractivity contribution is 0.308. The zero-order valence-electron chi connectivity index (χ0n) is 16.2. The van der Waals surface area contributed by atoms with Gasteiger partial charge >= 0.3 is 0 Å². The van der Waals surface area contributed by atoms with Crippen LogP contribution in [0.4, 0.5) is 13.2 Å². The second-order valence-corrected chi connectivity index (χ2v) is 8.04. The fourth-order valence-electron chi connectivity index (χ4n) is 4.64. The van der Waals surface area contributed by atoms with Gasteiger partial charge in [0, 0.05) is 10.9 Å². The van der Waals surface area contributed by atoms with Crippen LogP contribution < -0.4 is 0 Å². The third-order valence-corrected chi connectivity index (χ3v) is 6.22. The van der Waals surface area contributed by atoms with Crippen LogP contribution in [0.15, 0.2) is 48.5 Å². The van der Waals surface area contributed by atoms with Crippen molar-refractivity contribution in [2.75, 3.05) is 0 Å². The first-order valence-electron chi connectivity index (χ1n) is 10.2. The second kappa shape index (κ2) is 7.98. The Morgan fingerprint density at radius 3 is 2.32 bits per heavy atom. The molecule has 0 atom stereocenters. The molecule has 0 amide bonds. The Hall–Kier alpha value is -2.29. The molecule has 0 aromatic heterocycles. The Labute approximate surface area is 164 Å². The highest BCUT2D eigenvalue weighted by Crippen LogP contribution is 2.39. The van der Waals surface area contributed by atoms with Gasteiger partial charge in [-0.05, 0) is 66.2 Å². The van der Waals surface area contributed by atoms with Crippen LogP contribution in [0, 0.1) is 23.4 Å². The van der Waals surface area contributed by atoms with Crippen LogP contribution in [0.3, 0.4) is 0 Å². The molecule has 3 aromatic rings. The summed E-state index contributed by atoms with van der Waals surface area (Å²) in [4.78, 5) is 0. The minimum Gasteiger partial charge on any atom is -0.206 e. The lowest BCUT2D eigenvalue weighted by Crippen LogP contribution is -2.13. The quantitative estimate of drug-likeness (QED) is 0.429. The van der Waals surface area contributed by atoms with Crippen molar-refractivity contribution in [3.05, 3.63) is 71.5 Å². The number of hydrogen-bond acceptors (Lipinski definition) is 0. The summed E-state index contributed by atoms with van der Waals surface area (Å²) in [6, 6.07) is 13.0. The fourth-order valence-corrected chi connectivity index (χ4v) is 4.64. The largest absolute Gasteiger partial charge is 0.206 e. The van der Waals surface area contributed by atoms with Gasteiger partial charge in [-0.15, -0.1) is 0 Å². The molecule has 4 rings (SSSR count). The van der Waals surface area contributed by atoms with E-state index in [1.54, 1.807) is 6.07 Å². The average molecular weight is 382 g/mol. The van der Waals surface area contributed by atoms with E-state index in [2.05, 4.69) is 13.0 Å². The first-order valence-corrected chi connectivity index (χ1v) is 10.2. The smallest absolute Gasteiger partial charge is 0.159 e. The zero-order valence-corrected chi connectivity index (χ0v) is 16.2. The highest BCUT2D eigenvalue weighted by Gasteiger charge is 2.22. The normalized spacial score (nSPS) is 19.9. The minimum absolute atomic E-state index is 0.291. The fraction of sp³-hybridized carbons (Fsp3) is 0.360. The number of fused-ring (bicyclic) bond motifs is 1. The van der Waals surface area contributed by atoms with Crippen molar-refractivity contribution >= 4 is 10.8 Å². The minimum atomic E-state index is -0.967. The molecule has 0 heterocycles. The predicted molar refractivity (Wildman–Crippen MR) is 109 cm³/mol. The Balaban J connectivity index is 1.62. The molecule has 1 fully saturated rings. The van der Waals surface area contributed by atoms with Crippen molar-refractivity contribution in [2.45, 2.75) is 51.4 Å². The summed E-state index contributed by atoms with van der Waals surface area (Å²) in [5.41, 5.74) is 1.92. The maximum absolute atomic E-state index is 15.1. The number of benzene rings is 3. The second-order valence-electron chi connectivity index (χ2n) is 8.04. The van der Waals surface area contributed by atoms with E-state index in [0.29, 0.717) is 22.4 Å². The van der Waals surface area contributed by atoms with E-state index in [-0.39, 0.29) is 5.82 Å². The third kappa shape index (κ3) is 3.67. The van der Waals surface area contributed by atoms with Crippen molar-refractivity contribution in [3.8, 4) is 11.1 Å². The first kappa shape index (κ1) is 19.0. The highest BCUT2D eigenvalue weighted by molar-refractivity contribution is 5.88. The molecule has 0 nitrogen and oxygen atoms in total. The summed E-state index contributed by atoms with van der Waals surface area (Å²) >= 11 is 0. The average Bonchev–Trinajstić information content (AvgIpc) is 2.71. The van der Waals surface area contributed by atoms with Crippen LogP contribution in [0.5, 0.6) is 0 Å². The maximum Gasteiger partial charge on any atom is 0.159 e. The SMILES string of the molecule is CCC[C@H]1CC[C@H](c2ccc3c(F)c(-c4ccc(F)c(F)c4)ccc3c2)CC1. The molecular formula is C25H25F3. The van der Waals surface area contributed by atoms with E-state index in [1.165, 1.54) is 50.2 Å². The first-order chi connectivity index (χ1) is 13.6. The number of hydrogen-bond donors (Lipinski definition) is 0. The van der Waals surface area contributed by atoms with E-state index < -0.39 is 11.6 Å². The molecule has 1 aliphatic carbocycles. The number of halogens is 3. The van der Waals surface area contributed by atoms with E-state index in [1.807, 2.05) is 18.2 Å². The van der Waals surface area contributed by atoms with Crippen molar-refractivity contribution < 1.29 is 13.2 Å². The van der Waals surface area contributed by atoms with Crippen molar-refractivity contribution in [1.82, 2.24) is 0 Å². The van der Waals surface area contributed by atoms with Gasteiger partial charge in [-0.3, -0.25) is 0 Å². The van der Waals surface area contributed by atoms with E-state index >= 15 is 4.39 Å². The molecule has 3 heteroatoms. The Morgan fingerprint density at radius 1 is 0.821 bits per heavy atom. The molecule has 28 heavy (non-hydrogen) atoms. The Morgan fingerprint density at radius 2 is 1.61 bits per heavy atom. The van der Waals surface area contributed by atoms with Gasteiger partial charge in [0.25, 0.3) is 0 Å². The third-order valence-electron chi connectivity index (χ3n) is 6.22. The van der Waals surface area contributed by atoms with Crippen LogP contribution in [-0.2, 0) is 0 Å². The van der Waals surface area contributed by atoms with Gasteiger partial charge in [0.1, 0.15) is 5.82 Å². The summed E-state index contributed by atoms with van der Waals surface area (Å²) in [7, 11) is 0. The molecule has 0 aliphatic heterocycles. The van der Waals surface area contributed by atoms with Gasteiger partial charge in [-0.25, -0.2) is 13.2 Å². The summed E-state index contributed by atoms with van der Waals surface area (Å²) in [5, 5.41) is 1.38. The molecule has 1 aliphatic rings. The zero-order chi connectivity index (χ0) is 19.7. The van der Waals surface area contributed by atoms with Gasteiger partial charge in [-0.1, -0.05) is 56.2 Å². The van der Waals surface area contributed by atoms with Gasteiger partial charge in [0.2, 0.25) is 0 Å². The Bertz CT molecular complexity index is 984. The molecule has 0 unspecified atom stereocenters. The van der Waals surface area contributed by atoms with Gasteiger partial charge in [0.05, 0.1) is 0 Å². The highest BCUT2D eigenvalue weighted by atomic mass is 19.2. The monoisotopic (exact) mass is 382 g/mol. The van der Waals surface area contributed by atoms with E-state index in [0.717, 1.165) is 23.4 Å². The van der Waals surface area contributed by atoms with Crippen LogP contribution in [0.25, 0.3) is 21.9 Å². The van der Waals surface area contributed by atoms with E-state index in [9.17, 15) is 8.78 Å². The topological polar surface area (TPSA) is 0 Å². The molecule has 1 saturated carbocycles. The van der Waals surface area contributed by atoms with Crippen molar-refractivity contribution in [1.29, 1.82) is 0 Å². The summed E-state index contributed by atoms with van der Waals surface area (Å²) < 4.78 is 41.8. The van der Waals surface area contributed by atoms with Gasteiger partial charge in [0.15, 0.2) is 11.6 Å². The van der Waals surface area contributed by atoms with Gasteiger partial charge < -0.3 is 0 Å². The molecule has 0 N–H and O–H groups in total. The Kier molecular flexibility index (Phi) is 5.43. The van der Waals surface area contributed by atoms with Crippen LogP contribution in [0.2, 0.25) is 0 Å². The summed E-state index contributed by atoms with van der Waals surface area (Å²) in [6.45, 7) is 2.25. The molecule has 3 aromatic carbocycles. The molecular weight excluding hydrogens is 357 g/mol. The molecule has 0 spiro atoms. The standard InChI is InChI=1S/C25H25F3/c1-2-3-16-4-6-17(7-5-16)18-8-11-21-19(14-18)9-12-22(25(21)28)20-10-13-23(26)24(27)15-20/h8-17H,2-7H2,1H3/t16-,17-. The van der Waals surface area contributed by atoms with Gasteiger partial charge in [-0.2, -0.15) is 0 Å². The van der Waals surface area contributed by atoms with E-state index in [4.69, 9.17) is 0 Å². The lowest BCUT2D eigenvalue weighted by atomic mass is 9.77. The van der Waals surface area contributed by atoms with Crippen molar-refractivity contribution in [2.24, 2.45) is 5.92 Å². The summed E-state index contributed by atoms with van der Waals surface area (Å²) in [6.07, 6.45) is 7.53. The van der Waals surface area contributed by atoms with Crippen LogP contribution in [0.1, 0.15) is 56.9 Å². The predicted octanol–water partition coefficient (Wildman–Crippen LogP) is 8.00. The van der Waals surface area contributed by atoms with Crippen LogP contribution >= 0.6 is 0 Å². The molecule has 146 valence electrons. The molecule has 0 saturated heterocycles. The van der Waals surface area contributed by atoms with Crippen LogP contribution in [-0.4, -0.2) is 0 Å². The molecule has 0 bridgehead atoms. The molecule has 0 radical (unpaired) electrons. The summed E-state index contributed by atoms with van der Waals surface area (Å²) in [5.74, 6) is -0.875.